The lowest BCUT2D eigenvalue weighted by atomic mass is 9.53. The summed E-state index contributed by atoms with van der Waals surface area (Å²) in [5, 5.41) is 3.67. The normalized spacial score (nSPS) is 21.9. The molecular formula is C48H89N3O4. The number of hydrogen-bond donors (Lipinski definition) is 1. The van der Waals surface area contributed by atoms with Gasteiger partial charge in [-0.25, -0.2) is 0 Å². The molecule has 1 atom stereocenters. The number of carbonyl (C=O) groups excluding carboxylic acids is 3. The van der Waals surface area contributed by atoms with Crippen molar-refractivity contribution in [2.45, 2.75) is 237 Å². The summed E-state index contributed by atoms with van der Waals surface area (Å²) in [6.07, 6.45) is 37.6. The third kappa shape index (κ3) is 20.1. The Kier molecular flexibility index (Phi) is 24.9. The maximum atomic E-state index is 14.5. The summed E-state index contributed by atoms with van der Waals surface area (Å²) in [4.78, 5) is 45.1. The topological polar surface area (TPSA) is 79.0 Å². The summed E-state index contributed by atoms with van der Waals surface area (Å²) in [6, 6.07) is -0.426. The molecule has 0 spiro atoms. The van der Waals surface area contributed by atoms with Crippen LogP contribution in [0.1, 0.15) is 226 Å². The van der Waals surface area contributed by atoms with Crippen LogP contribution in [-0.4, -0.2) is 73.0 Å². The summed E-state index contributed by atoms with van der Waals surface area (Å²) in [5.41, 5.74) is -0.0680. The first-order valence-electron chi connectivity index (χ1n) is 24.2. The predicted molar refractivity (Wildman–Crippen MR) is 230 cm³/mol. The van der Waals surface area contributed by atoms with Crippen molar-refractivity contribution in [3.8, 4) is 0 Å². The van der Waals surface area contributed by atoms with Crippen LogP contribution in [0.2, 0.25) is 0 Å². The van der Waals surface area contributed by atoms with Gasteiger partial charge in [0, 0.05) is 24.9 Å². The average Bonchev–Trinajstić information content (AvgIpc) is 3.14. The van der Waals surface area contributed by atoms with Crippen LogP contribution in [0.4, 0.5) is 0 Å². The molecule has 4 aliphatic carbocycles. The predicted octanol–water partition coefficient (Wildman–Crippen LogP) is 11.9. The molecule has 4 rings (SSSR count). The molecule has 0 saturated heterocycles. The van der Waals surface area contributed by atoms with Crippen molar-refractivity contribution in [3.63, 3.8) is 0 Å². The number of nitrogens with zero attached hydrogens (tertiary/aromatic N) is 2. The highest BCUT2D eigenvalue weighted by Crippen LogP contribution is 2.55. The van der Waals surface area contributed by atoms with Crippen LogP contribution < -0.4 is 5.32 Å². The Morgan fingerprint density at radius 2 is 1.04 bits per heavy atom. The zero-order chi connectivity index (χ0) is 39.6. The maximum absolute atomic E-state index is 14.5. The summed E-state index contributed by atoms with van der Waals surface area (Å²) < 4.78 is 5.61. The number of hydrogen-bond acceptors (Lipinski definition) is 5. The van der Waals surface area contributed by atoms with Crippen molar-refractivity contribution in [2.24, 2.45) is 17.8 Å². The van der Waals surface area contributed by atoms with Crippen LogP contribution in [0.15, 0.2) is 0 Å². The number of esters is 1. The highest BCUT2D eigenvalue weighted by molar-refractivity contribution is 5.88. The van der Waals surface area contributed by atoms with E-state index < -0.39 is 6.04 Å². The Morgan fingerprint density at radius 3 is 1.53 bits per heavy atom. The van der Waals surface area contributed by atoms with Crippen molar-refractivity contribution in [1.82, 2.24) is 15.1 Å². The molecular weight excluding hydrogens is 683 g/mol. The Labute approximate surface area is 340 Å². The lowest BCUT2D eigenvalue weighted by molar-refractivity contribution is -0.144. The molecule has 4 aliphatic rings. The number of ether oxygens (including phenoxy) is 1. The van der Waals surface area contributed by atoms with E-state index in [-0.39, 0.29) is 23.3 Å². The van der Waals surface area contributed by atoms with Crippen LogP contribution >= 0.6 is 0 Å². The summed E-state index contributed by atoms with van der Waals surface area (Å²) in [6.45, 7) is 6.51. The minimum atomic E-state index is -0.426. The zero-order valence-electron chi connectivity index (χ0n) is 36.8. The maximum Gasteiger partial charge on any atom is 0.305 e. The number of rotatable bonds is 35. The first-order valence-corrected chi connectivity index (χ1v) is 24.2. The molecule has 4 fully saturated rings. The molecule has 0 aromatic carbocycles. The standard InChI is InChI=1S/C48H89N3O4/c1-5-7-9-11-13-15-17-19-21-25-30-45(52)51(33-28-32-50(3)4)44(47(54)49-48-38-41-35-42(39-48)37-43(36-41)40-48)29-24-23-27-34-55-46(53)31-26-22-20-18-16-14-12-10-8-6-2/h41-44H,5-40H2,1-4H3,(H,49,54). The fourth-order valence-corrected chi connectivity index (χ4v) is 10.6. The molecule has 1 N–H and O–H groups in total. The lowest BCUT2D eigenvalue weighted by Crippen LogP contribution is -2.63. The summed E-state index contributed by atoms with van der Waals surface area (Å²) >= 11 is 0. The van der Waals surface area contributed by atoms with Gasteiger partial charge in [-0.3, -0.25) is 14.4 Å². The van der Waals surface area contributed by atoms with Gasteiger partial charge < -0.3 is 19.9 Å². The van der Waals surface area contributed by atoms with E-state index in [2.05, 4.69) is 38.2 Å². The Hall–Kier alpha value is -1.63. The molecule has 7 nitrogen and oxygen atoms in total. The number of unbranched alkanes of at least 4 members (excludes halogenated alkanes) is 20. The molecule has 0 aliphatic heterocycles. The van der Waals surface area contributed by atoms with Gasteiger partial charge in [-0.2, -0.15) is 0 Å². The molecule has 55 heavy (non-hydrogen) atoms. The molecule has 7 heteroatoms. The fraction of sp³-hybridized carbons (Fsp3) is 0.938. The number of nitrogens with one attached hydrogen (secondary N) is 1. The van der Waals surface area contributed by atoms with Gasteiger partial charge in [0.15, 0.2) is 0 Å². The number of carbonyl (C=O) groups is 3. The largest absolute Gasteiger partial charge is 0.466 e. The average molecular weight is 772 g/mol. The molecule has 0 heterocycles. The highest BCUT2D eigenvalue weighted by Gasteiger charge is 2.52. The number of amides is 2. The molecule has 0 aromatic rings. The van der Waals surface area contributed by atoms with Crippen molar-refractivity contribution >= 4 is 17.8 Å². The van der Waals surface area contributed by atoms with Crippen LogP contribution in [0.3, 0.4) is 0 Å². The van der Waals surface area contributed by atoms with Gasteiger partial charge in [0.1, 0.15) is 6.04 Å². The summed E-state index contributed by atoms with van der Waals surface area (Å²) in [5.74, 6) is 2.44. The van der Waals surface area contributed by atoms with Crippen LogP contribution in [0.5, 0.6) is 0 Å². The Morgan fingerprint density at radius 1 is 0.582 bits per heavy atom. The molecule has 0 aromatic heterocycles. The second kappa shape index (κ2) is 28.7. The Balaban J connectivity index is 1.47. The van der Waals surface area contributed by atoms with E-state index in [1.54, 1.807) is 0 Å². The molecule has 1 unspecified atom stereocenters. The fourth-order valence-electron chi connectivity index (χ4n) is 10.6. The van der Waals surface area contributed by atoms with E-state index in [1.807, 2.05) is 4.90 Å². The van der Waals surface area contributed by atoms with Gasteiger partial charge in [0.2, 0.25) is 11.8 Å². The van der Waals surface area contributed by atoms with Gasteiger partial charge in [0.25, 0.3) is 0 Å². The minimum Gasteiger partial charge on any atom is -0.466 e. The van der Waals surface area contributed by atoms with Crippen LogP contribution in [0, 0.1) is 17.8 Å². The van der Waals surface area contributed by atoms with Crippen LogP contribution in [-0.2, 0) is 19.1 Å². The highest BCUT2D eigenvalue weighted by atomic mass is 16.5. The molecule has 320 valence electrons. The van der Waals surface area contributed by atoms with Gasteiger partial charge in [-0.05, 0) is 115 Å². The smallest absolute Gasteiger partial charge is 0.305 e. The molecule has 4 saturated carbocycles. The third-order valence-corrected chi connectivity index (χ3v) is 13.3. The van der Waals surface area contributed by atoms with Crippen molar-refractivity contribution in [3.05, 3.63) is 0 Å². The van der Waals surface area contributed by atoms with Gasteiger partial charge >= 0.3 is 5.97 Å². The minimum absolute atomic E-state index is 0.0680. The van der Waals surface area contributed by atoms with Gasteiger partial charge in [-0.15, -0.1) is 0 Å². The first kappa shape index (κ1) is 47.7. The SMILES string of the molecule is CCCCCCCCCCCCC(=O)OCCCCCC(C(=O)NC12CC3CC(CC(C3)C1)C2)N(CCCN(C)C)C(=O)CCCCCCCCCCCC. The molecule has 4 bridgehead atoms. The van der Waals surface area contributed by atoms with Gasteiger partial charge in [-0.1, -0.05) is 136 Å². The molecule has 2 amide bonds. The Bertz CT molecular complexity index is 995. The first-order chi connectivity index (χ1) is 26.7. The second-order valence-corrected chi connectivity index (χ2v) is 18.9. The van der Waals surface area contributed by atoms with E-state index in [0.717, 1.165) is 94.9 Å². The lowest BCUT2D eigenvalue weighted by Gasteiger charge is -2.57. The van der Waals surface area contributed by atoms with E-state index in [1.165, 1.54) is 122 Å². The van der Waals surface area contributed by atoms with Crippen LogP contribution in [0.25, 0.3) is 0 Å². The third-order valence-electron chi connectivity index (χ3n) is 13.3. The van der Waals surface area contributed by atoms with E-state index in [0.29, 0.717) is 32.4 Å². The van der Waals surface area contributed by atoms with Crippen molar-refractivity contribution < 1.29 is 19.1 Å². The van der Waals surface area contributed by atoms with E-state index in [4.69, 9.17) is 4.74 Å². The van der Waals surface area contributed by atoms with Crippen molar-refractivity contribution in [2.75, 3.05) is 33.8 Å². The van der Waals surface area contributed by atoms with E-state index >= 15 is 0 Å². The van der Waals surface area contributed by atoms with E-state index in [9.17, 15) is 14.4 Å². The second-order valence-electron chi connectivity index (χ2n) is 18.9. The summed E-state index contributed by atoms with van der Waals surface area (Å²) in [7, 11) is 4.16. The quantitative estimate of drug-likeness (QED) is 0.0513. The molecule has 0 radical (unpaired) electrons. The monoisotopic (exact) mass is 772 g/mol. The van der Waals surface area contributed by atoms with Crippen molar-refractivity contribution in [1.29, 1.82) is 0 Å². The zero-order valence-corrected chi connectivity index (χ0v) is 36.8. The van der Waals surface area contributed by atoms with Gasteiger partial charge in [0.05, 0.1) is 6.61 Å².